The van der Waals surface area contributed by atoms with E-state index in [1.165, 1.54) is 20.5 Å². The molecule has 0 rings (SSSR count). The largest absolute Gasteiger partial charge is 0.469 e. The molecular weight excluding hydrogens is 386 g/mol. The smallest absolute Gasteiger partial charge is 0.302 e. The molecule has 0 aromatic carbocycles. The summed E-state index contributed by atoms with van der Waals surface area (Å²) >= 11 is 1.75. The Hall–Kier alpha value is -0.590. The fourth-order valence-corrected chi connectivity index (χ4v) is 0. The highest BCUT2D eigenvalue weighted by Gasteiger charge is 1.77. The van der Waals surface area contributed by atoms with Gasteiger partial charge in [0, 0.05) is 27.6 Å². The molecule has 1 N–H and O–H groups in total. The number of ketones is 1. The summed E-state index contributed by atoms with van der Waals surface area (Å²) < 4.78 is 8.36. The van der Waals surface area contributed by atoms with E-state index in [1.54, 1.807) is 32.9 Å². The number of carbonyl (C=O) groups is 2. The van der Waals surface area contributed by atoms with Crippen molar-refractivity contribution < 1.29 is 19.1 Å². The molecule has 0 aliphatic carbocycles. The summed E-state index contributed by atoms with van der Waals surface area (Å²) in [6, 6.07) is 0. The van der Waals surface area contributed by atoms with Crippen LogP contribution < -0.4 is 5.32 Å². The van der Waals surface area contributed by atoms with Crippen LogP contribution in [0.4, 0.5) is 0 Å². The first-order valence-corrected chi connectivity index (χ1v) is 8.76. The Labute approximate surface area is 195 Å². The van der Waals surface area contributed by atoms with Crippen molar-refractivity contribution in [2.45, 2.75) is 99.4 Å². The molecule has 0 bridgehead atoms. The van der Waals surface area contributed by atoms with Gasteiger partial charge in [0.05, 0.1) is 7.11 Å². The molecule has 196 valence electrons. The number of hydrogen-bond acceptors (Lipinski definition) is 6. The molecule has 0 fully saturated rings. The molecule has 0 heterocycles. The standard InChI is InChI=1S/C4H8O.C3H6O2.C3H8.C2H7N.C2H6O.C2H6S.7CH4/c1-3-4(2)5;1-3(4)5-2;4*1-3-2;;;;;;;/h3H2,1-2H3;1-2H3;3H2,1-2H3;3H,1-2H3;2*1-2H3;7*1H4. The molecule has 0 amide bonds. The van der Waals surface area contributed by atoms with Gasteiger partial charge < -0.3 is 19.6 Å². The topological polar surface area (TPSA) is 64.6 Å². The third kappa shape index (κ3) is 1520. The van der Waals surface area contributed by atoms with Crippen molar-refractivity contribution in [2.75, 3.05) is 47.9 Å². The lowest BCUT2D eigenvalue weighted by molar-refractivity contribution is -0.137. The van der Waals surface area contributed by atoms with Crippen molar-refractivity contribution in [3.05, 3.63) is 0 Å². The molecule has 29 heavy (non-hydrogen) atoms. The molecule has 0 unspecified atom stereocenters. The molecular formula is C23H69NO4S. The van der Waals surface area contributed by atoms with Gasteiger partial charge in [-0.2, -0.15) is 11.8 Å². The molecule has 6 heteroatoms. The second-order valence-corrected chi connectivity index (χ2v) is 4.59. The molecule has 0 aromatic rings. The van der Waals surface area contributed by atoms with Crippen LogP contribution in [0, 0.1) is 0 Å². The lowest BCUT2D eigenvalue weighted by Gasteiger charge is -1.80. The van der Waals surface area contributed by atoms with Crippen molar-refractivity contribution in [2.24, 2.45) is 0 Å². The summed E-state index contributed by atoms with van der Waals surface area (Å²) in [5.41, 5.74) is 0. The first-order valence-electron chi connectivity index (χ1n) is 7.13. The minimum atomic E-state index is -0.245. The number of hydrogen-bond donors (Lipinski definition) is 1. The number of ether oxygens (including phenoxy) is 2. The second-order valence-electron chi connectivity index (χ2n) is 3.77. The fourth-order valence-electron chi connectivity index (χ4n) is 0. The Morgan fingerprint density at radius 3 is 0.828 bits per heavy atom. The van der Waals surface area contributed by atoms with Crippen molar-refractivity contribution in [1.82, 2.24) is 5.32 Å². The molecule has 0 saturated carbocycles. The maximum atomic E-state index is 9.81. The maximum absolute atomic E-state index is 9.81. The van der Waals surface area contributed by atoms with Gasteiger partial charge in [0.15, 0.2) is 0 Å². The van der Waals surface area contributed by atoms with Gasteiger partial charge >= 0.3 is 5.97 Å². The highest BCUT2D eigenvalue weighted by Crippen LogP contribution is 1.71. The van der Waals surface area contributed by atoms with E-state index in [-0.39, 0.29) is 63.7 Å². The van der Waals surface area contributed by atoms with Crippen LogP contribution in [0.15, 0.2) is 0 Å². The molecule has 0 atom stereocenters. The number of nitrogens with one attached hydrogen (secondary N) is 1. The molecule has 0 radical (unpaired) electrons. The minimum Gasteiger partial charge on any atom is -0.469 e. The van der Waals surface area contributed by atoms with Gasteiger partial charge in [-0.25, -0.2) is 0 Å². The van der Waals surface area contributed by atoms with E-state index in [4.69, 9.17) is 0 Å². The van der Waals surface area contributed by atoms with E-state index >= 15 is 0 Å². The van der Waals surface area contributed by atoms with Crippen LogP contribution in [-0.4, -0.2) is 59.7 Å². The second kappa shape index (κ2) is 147. The maximum Gasteiger partial charge on any atom is 0.302 e. The Bertz CT molecular complexity index is 149. The monoisotopic (exact) mass is 455 g/mol. The van der Waals surface area contributed by atoms with E-state index in [0.29, 0.717) is 6.42 Å². The summed E-state index contributed by atoms with van der Waals surface area (Å²) in [5, 5.41) is 2.75. The molecule has 5 nitrogen and oxygen atoms in total. The Balaban J connectivity index is -0.00000000932. The van der Waals surface area contributed by atoms with Gasteiger partial charge in [-0.1, -0.05) is 79.2 Å². The number of Topliss-reactive ketones (excluding diaryl/α,β-unsaturated/α-hetero) is 1. The van der Waals surface area contributed by atoms with E-state index in [1.807, 2.05) is 33.5 Å². The highest BCUT2D eigenvalue weighted by molar-refractivity contribution is 7.97. The van der Waals surface area contributed by atoms with Gasteiger partial charge in [0.1, 0.15) is 5.78 Å². The van der Waals surface area contributed by atoms with E-state index < -0.39 is 0 Å². The number of carbonyl (C=O) groups excluding carboxylic acids is 2. The van der Waals surface area contributed by atoms with Gasteiger partial charge in [-0.05, 0) is 33.5 Å². The Morgan fingerprint density at radius 2 is 0.828 bits per heavy atom. The highest BCUT2D eigenvalue weighted by atomic mass is 32.2. The van der Waals surface area contributed by atoms with Crippen molar-refractivity contribution in [3.63, 3.8) is 0 Å². The third-order valence-corrected chi connectivity index (χ3v) is 0.785. The van der Waals surface area contributed by atoms with Gasteiger partial charge in [0.25, 0.3) is 0 Å². The number of rotatable bonds is 1. The summed E-state index contributed by atoms with van der Waals surface area (Å²) in [6.07, 6.45) is 6.00. The Morgan fingerprint density at radius 1 is 0.759 bits per heavy atom. The van der Waals surface area contributed by atoms with Crippen LogP contribution in [0.3, 0.4) is 0 Å². The van der Waals surface area contributed by atoms with E-state index in [2.05, 4.69) is 28.6 Å². The average molecular weight is 456 g/mol. The molecule has 0 aliphatic heterocycles. The van der Waals surface area contributed by atoms with Crippen LogP contribution in [0.5, 0.6) is 0 Å². The third-order valence-electron chi connectivity index (χ3n) is 0.785. The molecule has 0 aliphatic rings. The van der Waals surface area contributed by atoms with Crippen LogP contribution >= 0.6 is 11.8 Å². The predicted molar refractivity (Wildman–Crippen MR) is 149 cm³/mol. The van der Waals surface area contributed by atoms with Crippen LogP contribution in [-0.2, 0) is 19.1 Å². The zero-order valence-corrected chi connectivity index (χ0v) is 17.8. The number of methoxy groups -OCH3 is 2. The lowest BCUT2D eigenvalue weighted by Crippen LogP contribution is -1.89. The average Bonchev–Trinajstić information content (AvgIpc) is 2.43. The first kappa shape index (κ1) is 89.9. The van der Waals surface area contributed by atoms with Crippen molar-refractivity contribution in [3.8, 4) is 0 Å². The zero-order valence-electron chi connectivity index (χ0n) is 17.0. The van der Waals surface area contributed by atoms with Gasteiger partial charge in [-0.3, -0.25) is 4.79 Å². The van der Waals surface area contributed by atoms with Gasteiger partial charge in [-0.15, -0.1) is 0 Å². The van der Waals surface area contributed by atoms with Crippen LogP contribution in [0.25, 0.3) is 0 Å². The molecule has 0 spiro atoms. The normalized spacial score (nSPS) is 4.97. The molecule has 0 saturated heterocycles. The zero-order chi connectivity index (χ0) is 19.4. The number of thioether (sulfide) groups is 1. The fraction of sp³-hybridized carbons (Fsp3) is 0.913. The molecule has 0 aromatic heterocycles. The van der Waals surface area contributed by atoms with E-state index in [9.17, 15) is 9.59 Å². The van der Waals surface area contributed by atoms with E-state index in [0.717, 1.165) is 0 Å². The van der Waals surface area contributed by atoms with Crippen LogP contribution in [0.1, 0.15) is 99.4 Å². The minimum absolute atomic E-state index is 0. The predicted octanol–water partition coefficient (Wildman–Crippen LogP) is 8.11. The summed E-state index contributed by atoms with van der Waals surface area (Å²) in [6.45, 7) is 9.04. The first-order chi connectivity index (χ1) is 10.2. The quantitative estimate of drug-likeness (QED) is 0.403. The van der Waals surface area contributed by atoms with Crippen molar-refractivity contribution >= 4 is 23.5 Å². The van der Waals surface area contributed by atoms with Crippen LogP contribution in [0.2, 0.25) is 0 Å². The lowest BCUT2D eigenvalue weighted by atomic mass is 10.4. The SMILES string of the molecule is C.C.C.C.C.C.C.CCC.CCC(C)=O.CNC.COC.COC(C)=O.CSC. The van der Waals surface area contributed by atoms with Gasteiger partial charge in [0.2, 0.25) is 0 Å². The summed E-state index contributed by atoms with van der Waals surface area (Å²) in [7, 11) is 8.35. The number of esters is 1. The summed E-state index contributed by atoms with van der Waals surface area (Å²) in [5.74, 6) is 0.00926. The Kier molecular flexibility index (Phi) is 455. The van der Waals surface area contributed by atoms with Crippen molar-refractivity contribution in [1.29, 1.82) is 0 Å². The summed E-state index contributed by atoms with van der Waals surface area (Å²) in [4.78, 5) is 19.4.